The number of H-pyrrole nitrogens is 2. The van der Waals surface area contributed by atoms with E-state index >= 15 is 0 Å². The molecule has 2 aromatic carbocycles. The number of benzene rings is 2. The summed E-state index contributed by atoms with van der Waals surface area (Å²) in [5.74, 6) is -3.11. The molecule has 198 valence electrons. The number of aromatic nitrogens is 3. The van der Waals surface area contributed by atoms with Crippen LogP contribution in [0.15, 0.2) is 64.3 Å². The number of nitrogens with zero attached hydrogens (tertiary/aromatic N) is 1. The number of carboxylic acid groups (broad SMARTS) is 1. The molecule has 0 radical (unpaired) electrons. The van der Waals surface area contributed by atoms with E-state index in [0.29, 0.717) is 11.1 Å². The molecule has 0 saturated carbocycles. The molecule has 6 N–H and O–H groups in total. The summed E-state index contributed by atoms with van der Waals surface area (Å²) in [5, 5.41) is 24.5. The highest BCUT2D eigenvalue weighted by atomic mass is 16.4. The average Bonchev–Trinajstić information content (AvgIpc) is 3.28. The molecule has 0 aliphatic heterocycles. The first-order valence-corrected chi connectivity index (χ1v) is 11.9. The van der Waals surface area contributed by atoms with Gasteiger partial charge in [-0.2, -0.15) is 0 Å². The Kier molecular flexibility index (Phi) is 7.44. The van der Waals surface area contributed by atoms with Crippen LogP contribution in [0.1, 0.15) is 25.5 Å². The van der Waals surface area contributed by atoms with Crippen LogP contribution in [-0.4, -0.2) is 60.7 Å². The van der Waals surface area contributed by atoms with E-state index in [2.05, 4.69) is 20.6 Å². The van der Waals surface area contributed by atoms with E-state index in [9.17, 15) is 34.2 Å². The Labute approximate surface area is 215 Å². The number of hydrogen-bond donors (Lipinski definition) is 6. The molecule has 2 amide bonds. The van der Waals surface area contributed by atoms with Gasteiger partial charge in [0, 0.05) is 23.5 Å². The maximum Gasteiger partial charge on any atom is 0.329 e. The van der Waals surface area contributed by atoms with E-state index in [1.54, 1.807) is 24.4 Å². The number of amides is 2. The molecule has 12 nitrogen and oxygen atoms in total. The van der Waals surface area contributed by atoms with E-state index in [1.165, 1.54) is 19.9 Å². The first-order chi connectivity index (χ1) is 18.1. The van der Waals surface area contributed by atoms with E-state index < -0.39 is 53.3 Å². The molecule has 4 atom stereocenters. The number of aliphatic hydroxyl groups is 1. The molecule has 0 unspecified atom stereocenters. The van der Waals surface area contributed by atoms with Crippen molar-refractivity contribution in [3.63, 3.8) is 0 Å². The molecule has 0 aliphatic rings. The normalized spacial score (nSPS) is 14.5. The number of rotatable bonds is 9. The lowest BCUT2D eigenvalue weighted by Gasteiger charge is -2.23. The third kappa shape index (κ3) is 5.20. The van der Waals surface area contributed by atoms with Crippen LogP contribution in [0.25, 0.3) is 21.8 Å². The smallest absolute Gasteiger partial charge is 0.329 e. The highest BCUT2D eigenvalue weighted by Crippen LogP contribution is 2.22. The number of aliphatic hydroxyl groups excluding tert-OH is 1. The second kappa shape index (κ2) is 10.7. The minimum atomic E-state index is -1.59. The zero-order valence-corrected chi connectivity index (χ0v) is 20.6. The van der Waals surface area contributed by atoms with Crippen molar-refractivity contribution in [1.29, 1.82) is 0 Å². The predicted octanol–water partition coefficient (Wildman–Crippen LogP) is 0.410. The van der Waals surface area contributed by atoms with Gasteiger partial charge in [-0.15, -0.1) is 0 Å². The van der Waals surface area contributed by atoms with Gasteiger partial charge < -0.3 is 30.8 Å². The molecule has 4 rings (SSSR count). The number of carbonyl (C=O) groups excluding carboxylic acids is 2. The number of para-hydroxylation sites is 2. The van der Waals surface area contributed by atoms with Gasteiger partial charge in [-0.25, -0.2) is 14.2 Å². The first kappa shape index (κ1) is 26.4. The lowest BCUT2D eigenvalue weighted by molar-refractivity contribution is -0.145. The Morgan fingerprint density at radius 2 is 1.55 bits per heavy atom. The van der Waals surface area contributed by atoms with Crippen LogP contribution in [0.3, 0.4) is 0 Å². The summed E-state index contributed by atoms with van der Waals surface area (Å²) in [4.78, 5) is 69.7. The van der Waals surface area contributed by atoms with E-state index in [1.807, 2.05) is 24.3 Å². The number of carbonyl (C=O) groups is 3. The van der Waals surface area contributed by atoms with Crippen molar-refractivity contribution in [2.45, 2.75) is 44.5 Å². The van der Waals surface area contributed by atoms with Gasteiger partial charge in [0.25, 0.3) is 5.56 Å². The van der Waals surface area contributed by atoms with Crippen LogP contribution in [0.2, 0.25) is 0 Å². The van der Waals surface area contributed by atoms with Crippen molar-refractivity contribution < 1.29 is 24.6 Å². The molecule has 0 spiro atoms. The topological polar surface area (TPSA) is 186 Å². The molecule has 0 saturated heterocycles. The predicted molar refractivity (Wildman–Crippen MR) is 139 cm³/mol. The summed E-state index contributed by atoms with van der Waals surface area (Å²) < 4.78 is 0.819. The average molecular weight is 522 g/mol. The van der Waals surface area contributed by atoms with Crippen molar-refractivity contribution in [3.05, 3.63) is 81.1 Å². The van der Waals surface area contributed by atoms with Gasteiger partial charge >= 0.3 is 11.7 Å². The molecule has 38 heavy (non-hydrogen) atoms. The number of carboxylic acids is 1. The molecule has 0 fully saturated rings. The van der Waals surface area contributed by atoms with E-state index in [-0.39, 0.29) is 11.8 Å². The Hall–Kier alpha value is -4.71. The maximum atomic E-state index is 13.5. The molecular formula is C26H27N5O7. The van der Waals surface area contributed by atoms with Gasteiger partial charge in [0.2, 0.25) is 11.8 Å². The summed E-state index contributed by atoms with van der Waals surface area (Å²) in [6.45, 7) is 2.53. The van der Waals surface area contributed by atoms with Crippen LogP contribution in [-0.2, 0) is 20.8 Å². The van der Waals surface area contributed by atoms with Crippen molar-refractivity contribution >= 4 is 39.6 Å². The van der Waals surface area contributed by atoms with Gasteiger partial charge in [-0.1, -0.05) is 30.3 Å². The summed E-state index contributed by atoms with van der Waals surface area (Å²) in [5.41, 5.74) is 0.298. The Bertz CT molecular complexity index is 1630. The summed E-state index contributed by atoms with van der Waals surface area (Å²) in [7, 11) is 0. The number of aromatic amines is 2. The number of aliphatic carboxylic acids is 1. The number of fused-ring (bicyclic) bond motifs is 2. The molecule has 12 heteroatoms. The Balaban J connectivity index is 1.71. The van der Waals surface area contributed by atoms with Crippen LogP contribution < -0.4 is 21.9 Å². The molecule has 4 aromatic rings. The van der Waals surface area contributed by atoms with Gasteiger partial charge in [-0.05, 0) is 37.6 Å². The highest BCUT2D eigenvalue weighted by molar-refractivity contribution is 5.92. The lowest BCUT2D eigenvalue weighted by Crippen LogP contribution is -2.55. The minimum Gasteiger partial charge on any atom is -0.480 e. The highest BCUT2D eigenvalue weighted by Gasteiger charge is 2.31. The second-order valence-electron chi connectivity index (χ2n) is 9.03. The monoisotopic (exact) mass is 521 g/mol. The lowest BCUT2D eigenvalue weighted by atomic mass is 10.0. The van der Waals surface area contributed by atoms with Gasteiger partial charge in [0.15, 0.2) is 6.04 Å². The summed E-state index contributed by atoms with van der Waals surface area (Å²) in [6, 6.07) is 9.55. The summed E-state index contributed by atoms with van der Waals surface area (Å²) >= 11 is 0. The second-order valence-corrected chi connectivity index (χ2v) is 9.03. The Morgan fingerprint density at radius 1 is 0.921 bits per heavy atom. The first-order valence-electron chi connectivity index (χ1n) is 11.9. The minimum absolute atomic E-state index is 0.0586. The van der Waals surface area contributed by atoms with Crippen molar-refractivity contribution in [3.8, 4) is 0 Å². The van der Waals surface area contributed by atoms with Crippen molar-refractivity contribution in [2.24, 2.45) is 0 Å². The maximum absolute atomic E-state index is 13.5. The fraction of sp³-hybridized carbons (Fsp3) is 0.269. The summed E-state index contributed by atoms with van der Waals surface area (Å²) in [6.07, 6.45) is 0.238. The third-order valence-corrected chi connectivity index (χ3v) is 6.34. The fourth-order valence-electron chi connectivity index (χ4n) is 4.31. The van der Waals surface area contributed by atoms with E-state index in [0.717, 1.165) is 15.5 Å². The van der Waals surface area contributed by atoms with Crippen LogP contribution in [0.4, 0.5) is 0 Å². The SMILES string of the molecule is C[C@H](NC(=O)[C@H](Cc1c[nH]c2ccccc12)n1c(=O)[nH]c2ccccc2c1=O)C(=O)N[C@H](C(=O)O)[C@H](C)O. The van der Waals surface area contributed by atoms with Gasteiger partial charge in [-0.3, -0.25) is 14.4 Å². The van der Waals surface area contributed by atoms with Crippen LogP contribution >= 0.6 is 0 Å². The van der Waals surface area contributed by atoms with Gasteiger partial charge in [0.05, 0.1) is 17.0 Å². The molecule has 2 aromatic heterocycles. The fourth-order valence-corrected chi connectivity index (χ4v) is 4.31. The Morgan fingerprint density at radius 3 is 2.21 bits per heavy atom. The number of hydrogen-bond acceptors (Lipinski definition) is 6. The van der Waals surface area contributed by atoms with Crippen molar-refractivity contribution in [2.75, 3.05) is 0 Å². The quantitative estimate of drug-likeness (QED) is 0.184. The van der Waals surface area contributed by atoms with E-state index in [4.69, 9.17) is 0 Å². The zero-order valence-electron chi connectivity index (χ0n) is 20.6. The number of nitrogens with one attached hydrogen (secondary N) is 4. The van der Waals surface area contributed by atoms with Crippen LogP contribution in [0.5, 0.6) is 0 Å². The molecule has 0 bridgehead atoms. The van der Waals surface area contributed by atoms with Crippen molar-refractivity contribution in [1.82, 2.24) is 25.2 Å². The molecule has 0 aliphatic carbocycles. The molecular weight excluding hydrogens is 494 g/mol. The van der Waals surface area contributed by atoms with Gasteiger partial charge in [0.1, 0.15) is 12.1 Å². The standard InChI is InChI=1S/C26H27N5O7/c1-13(22(33)30-21(14(2)32)25(36)37)28-23(34)20(11-15-12-27-18-9-5-3-7-16(15)18)31-24(35)17-8-4-6-10-19(17)29-26(31)38/h3-10,12-14,20-21,27,32H,11H2,1-2H3,(H,28,34)(H,29,38)(H,30,33)(H,36,37)/t13-,14-,20-,21-/m0/s1. The third-order valence-electron chi connectivity index (χ3n) is 6.34. The van der Waals surface area contributed by atoms with Crippen LogP contribution in [0, 0.1) is 0 Å². The zero-order chi connectivity index (χ0) is 27.6. The molecule has 2 heterocycles. The largest absolute Gasteiger partial charge is 0.480 e.